The largest absolute Gasteiger partial charge is 0.394 e. The van der Waals surface area contributed by atoms with Crippen LogP contribution >= 0.6 is 24.0 Å². The van der Waals surface area contributed by atoms with E-state index < -0.39 is 0 Å². The number of thiocarbonyl (C=S) groups is 1. The zero-order valence-electron chi connectivity index (χ0n) is 18.9. The van der Waals surface area contributed by atoms with Crippen LogP contribution in [0, 0.1) is 12.7 Å². The fourth-order valence-corrected chi connectivity index (χ4v) is 4.76. The van der Waals surface area contributed by atoms with Gasteiger partial charge in [0.25, 0.3) is 11.5 Å². The molecule has 3 aromatic rings. The van der Waals surface area contributed by atoms with E-state index in [9.17, 15) is 14.0 Å². The Kier molecular flexibility index (Phi) is 7.91. The zero-order valence-corrected chi connectivity index (χ0v) is 20.5. The molecule has 1 amide bonds. The van der Waals surface area contributed by atoms with Gasteiger partial charge in [0.15, 0.2) is 0 Å². The van der Waals surface area contributed by atoms with Gasteiger partial charge in [0.05, 0.1) is 36.8 Å². The van der Waals surface area contributed by atoms with Crippen LogP contribution in [0.3, 0.4) is 0 Å². The minimum Gasteiger partial charge on any atom is -0.394 e. The van der Waals surface area contributed by atoms with Crippen LogP contribution in [0.25, 0.3) is 11.7 Å². The van der Waals surface area contributed by atoms with Crippen LogP contribution in [0.1, 0.15) is 16.7 Å². The number of carbonyl (C=O) groups excluding carboxylic acids is 1. The topological polar surface area (TPSA) is 96.2 Å². The van der Waals surface area contributed by atoms with Crippen LogP contribution in [0.4, 0.5) is 10.2 Å². The molecule has 8 nitrogen and oxygen atoms in total. The lowest BCUT2D eigenvalue weighted by atomic mass is 10.2. The molecule has 35 heavy (non-hydrogen) atoms. The second-order valence-electron chi connectivity index (χ2n) is 7.72. The van der Waals surface area contributed by atoms with E-state index in [0.29, 0.717) is 33.8 Å². The maximum Gasteiger partial charge on any atom is 0.267 e. The molecule has 0 radical (unpaired) electrons. The number of carbonyl (C=O) groups is 1. The first kappa shape index (κ1) is 25.0. The number of hydrogen-bond donors (Lipinski definition) is 2. The number of aryl methyl sites for hydroxylation is 1. The average molecular weight is 515 g/mol. The molecule has 11 heteroatoms. The second-order valence-corrected chi connectivity index (χ2v) is 9.40. The Morgan fingerprint density at radius 2 is 2.00 bits per heavy atom. The van der Waals surface area contributed by atoms with Crippen LogP contribution in [-0.4, -0.2) is 56.0 Å². The summed E-state index contributed by atoms with van der Waals surface area (Å²) in [7, 11) is 0. The van der Waals surface area contributed by atoms with Crippen LogP contribution in [0.2, 0.25) is 0 Å². The third-order valence-corrected chi connectivity index (χ3v) is 6.64. The molecule has 0 atom stereocenters. The predicted molar refractivity (Wildman–Crippen MR) is 138 cm³/mol. The van der Waals surface area contributed by atoms with Gasteiger partial charge in [-0.3, -0.25) is 18.9 Å². The number of thioether (sulfide) groups is 1. The summed E-state index contributed by atoms with van der Waals surface area (Å²) in [6, 6.07) is 9.47. The Hall–Kier alpha value is -3.12. The number of hydrogen-bond acceptors (Lipinski definition) is 8. The number of ether oxygens (including phenoxy) is 1. The predicted octanol–water partition coefficient (Wildman–Crippen LogP) is 2.96. The standard InChI is InChI=1S/C24H23FN4O4S2/c1-15-3-2-9-28-21(15)27-20(26-8-11-33-12-10-30)18(22(28)31)13-19-23(32)29(24(34)35-19)14-16-4-6-17(25)7-5-16/h2-7,9,13,26,30H,8,10-12,14H2,1H3/b19-13+. The number of aromatic nitrogens is 2. The summed E-state index contributed by atoms with van der Waals surface area (Å²) in [5.41, 5.74) is 1.94. The van der Waals surface area contributed by atoms with Crippen LogP contribution in [-0.2, 0) is 16.1 Å². The number of rotatable bonds is 9. The number of pyridine rings is 1. The highest BCUT2D eigenvalue weighted by molar-refractivity contribution is 8.26. The van der Waals surface area contributed by atoms with E-state index in [2.05, 4.69) is 10.3 Å². The highest BCUT2D eigenvalue weighted by Gasteiger charge is 2.32. The number of anilines is 1. The van der Waals surface area contributed by atoms with Gasteiger partial charge in [0, 0.05) is 12.7 Å². The minimum atomic E-state index is -0.361. The molecule has 1 saturated heterocycles. The van der Waals surface area contributed by atoms with Gasteiger partial charge < -0.3 is 15.2 Å². The van der Waals surface area contributed by atoms with Crippen molar-refractivity contribution in [1.82, 2.24) is 14.3 Å². The van der Waals surface area contributed by atoms with Crippen molar-refractivity contribution < 1.29 is 19.0 Å². The van der Waals surface area contributed by atoms with E-state index >= 15 is 0 Å². The van der Waals surface area contributed by atoms with Gasteiger partial charge in [0.2, 0.25) is 0 Å². The minimum absolute atomic E-state index is 0.0835. The third kappa shape index (κ3) is 5.59. The van der Waals surface area contributed by atoms with Crippen molar-refractivity contribution in [1.29, 1.82) is 0 Å². The van der Waals surface area contributed by atoms with Gasteiger partial charge in [-0.1, -0.05) is 42.2 Å². The summed E-state index contributed by atoms with van der Waals surface area (Å²) >= 11 is 6.51. The number of aliphatic hydroxyl groups excluding tert-OH is 1. The average Bonchev–Trinajstić information content (AvgIpc) is 3.10. The lowest BCUT2D eigenvalue weighted by Gasteiger charge is -2.14. The number of amides is 1. The Bertz CT molecular complexity index is 1360. The summed E-state index contributed by atoms with van der Waals surface area (Å²) in [5.74, 6) is -0.378. The summed E-state index contributed by atoms with van der Waals surface area (Å²) in [6.07, 6.45) is 3.13. The normalized spacial score (nSPS) is 14.9. The number of nitrogens with zero attached hydrogens (tertiary/aromatic N) is 3. The molecule has 1 fully saturated rings. The fourth-order valence-electron chi connectivity index (χ4n) is 3.52. The number of fused-ring (bicyclic) bond motifs is 1. The van der Waals surface area contributed by atoms with E-state index in [1.807, 2.05) is 13.0 Å². The van der Waals surface area contributed by atoms with E-state index in [0.717, 1.165) is 22.9 Å². The molecule has 2 N–H and O–H groups in total. The van der Waals surface area contributed by atoms with Gasteiger partial charge in [-0.2, -0.15) is 0 Å². The lowest BCUT2D eigenvalue weighted by Crippen LogP contribution is -2.27. The highest BCUT2D eigenvalue weighted by Crippen LogP contribution is 2.34. The highest BCUT2D eigenvalue weighted by atomic mass is 32.2. The Balaban J connectivity index is 1.67. The van der Waals surface area contributed by atoms with E-state index in [-0.39, 0.29) is 42.6 Å². The first-order valence-corrected chi connectivity index (χ1v) is 12.1. The van der Waals surface area contributed by atoms with Gasteiger partial charge in [-0.25, -0.2) is 9.37 Å². The van der Waals surface area contributed by atoms with E-state index in [1.54, 1.807) is 24.4 Å². The van der Waals surface area contributed by atoms with Crippen molar-refractivity contribution >= 4 is 51.7 Å². The number of benzene rings is 1. The van der Waals surface area contributed by atoms with Crippen molar-refractivity contribution in [3.8, 4) is 0 Å². The number of aliphatic hydroxyl groups is 1. The summed E-state index contributed by atoms with van der Waals surface area (Å²) in [4.78, 5) is 32.9. The van der Waals surface area contributed by atoms with Crippen molar-refractivity contribution in [3.63, 3.8) is 0 Å². The number of halogens is 1. The van der Waals surface area contributed by atoms with Gasteiger partial charge >= 0.3 is 0 Å². The monoisotopic (exact) mass is 514 g/mol. The third-order valence-electron chi connectivity index (χ3n) is 5.26. The molecule has 1 aliphatic heterocycles. The van der Waals surface area contributed by atoms with Crippen LogP contribution in [0.5, 0.6) is 0 Å². The Morgan fingerprint density at radius 3 is 2.74 bits per heavy atom. The van der Waals surface area contributed by atoms with E-state index in [1.165, 1.54) is 27.5 Å². The quantitative estimate of drug-likeness (QED) is 0.256. The smallest absolute Gasteiger partial charge is 0.267 e. The SMILES string of the molecule is Cc1cccn2c(=O)c(/C=C3/SC(=S)N(Cc4ccc(F)cc4)C3=O)c(NCCOCCO)nc12. The molecule has 1 aromatic carbocycles. The van der Waals surface area contributed by atoms with Crippen LogP contribution < -0.4 is 10.9 Å². The zero-order chi connectivity index (χ0) is 24.9. The summed E-state index contributed by atoms with van der Waals surface area (Å²) in [5, 5.41) is 12.0. The molecular formula is C24H23FN4O4S2. The molecule has 1 aliphatic rings. The molecule has 0 bridgehead atoms. The Labute approximate surface area is 210 Å². The molecule has 182 valence electrons. The molecule has 0 spiro atoms. The summed E-state index contributed by atoms with van der Waals surface area (Å²) in [6.45, 7) is 2.83. The molecule has 2 aromatic heterocycles. The van der Waals surface area contributed by atoms with Crippen molar-refractivity contribution in [2.24, 2.45) is 0 Å². The van der Waals surface area contributed by atoms with Gasteiger partial charge in [0.1, 0.15) is 21.6 Å². The number of nitrogens with one attached hydrogen (secondary N) is 1. The van der Waals surface area contributed by atoms with Gasteiger partial charge in [-0.15, -0.1) is 0 Å². The molecule has 0 saturated carbocycles. The van der Waals surface area contributed by atoms with E-state index in [4.69, 9.17) is 22.1 Å². The molecule has 0 unspecified atom stereocenters. The lowest BCUT2D eigenvalue weighted by molar-refractivity contribution is -0.122. The maximum absolute atomic E-state index is 13.4. The van der Waals surface area contributed by atoms with Crippen molar-refractivity contribution in [3.05, 3.63) is 80.4 Å². The van der Waals surface area contributed by atoms with Crippen molar-refractivity contribution in [2.45, 2.75) is 13.5 Å². The fraction of sp³-hybridized carbons (Fsp3) is 0.250. The van der Waals surface area contributed by atoms with Crippen molar-refractivity contribution in [2.75, 3.05) is 31.7 Å². The maximum atomic E-state index is 13.4. The molecule has 4 rings (SSSR count). The first-order chi connectivity index (χ1) is 16.9. The first-order valence-electron chi connectivity index (χ1n) is 10.8. The molecular weight excluding hydrogens is 491 g/mol. The molecule has 0 aliphatic carbocycles. The molecule has 3 heterocycles. The second kappa shape index (κ2) is 11.1. The summed E-state index contributed by atoms with van der Waals surface area (Å²) < 4.78 is 20.3. The van der Waals surface area contributed by atoms with Gasteiger partial charge in [-0.05, 0) is 42.3 Å². The Morgan fingerprint density at radius 1 is 1.23 bits per heavy atom. The van der Waals surface area contributed by atoms with Crippen LogP contribution in [0.15, 0.2) is 52.3 Å².